The summed E-state index contributed by atoms with van der Waals surface area (Å²) < 4.78 is 16.2. The molecule has 6 nitrogen and oxygen atoms in total. The third kappa shape index (κ3) is 4.11. The molecule has 0 saturated heterocycles. The van der Waals surface area contributed by atoms with Crippen molar-refractivity contribution in [3.8, 4) is 11.5 Å². The monoisotopic (exact) mass is 367 g/mol. The number of ether oxygens (including phenoxy) is 3. The van der Waals surface area contributed by atoms with Gasteiger partial charge in [0.1, 0.15) is 5.56 Å². The number of rotatable bonds is 7. The lowest BCUT2D eigenvalue weighted by molar-refractivity contribution is 0.0524. The van der Waals surface area contributed by atoms with Gasteiger partial charge in [-0.25, -0.2) is 4.79 Å². The van der Waals surface area contributed by atoms with Crippen LogP contribution in [0.5, 0.6) is 11.5 Å². The number of benzene rings is 2. The van der Waals surface area contributed by atoms with E-state index in [4.69, 9.17) is 14.2 Å². The van der Waals surface area contributed by atoms with Crippen LogP contribution in [-0.2, 0) is 11.2 Å². The highest BCUT2D eigenvalue weighted by molar-refractivity contribution is 5.94. The zero-order chi connectivity index (χ0) is 19.2. The second-order valence-electron chi connectivity index (χ2n) is 5.88. The van der Waals surface area contributed by atoms with Crippen LogP contribution in [-0.4, -0.2) is 31.3 Å². The molecule has 0 bridgehead atoms. The summed E-state index contributed by atoms with van der Waals surface area (Å²) in [7, 11) is 1.54. The number of hydrogen-bond acceptors (Lipinski definition) is 5. The summed E-state index contributed by atoms with van der Waals surface area (Å²) in [6, 6.07) is 13.2. The molecule has 0 aliphatic rings. The third-order valence-electron chi connectivity index (χ3n) is 4.15. The van der Waals surface area contributed by atoms with E-state index >= 15 is 0 Å². The van der Waals surface area contributed by atoms with E-state index in [1.54, 1.807) is 19.1 Å². The molecule has 0 amide bonds. The van der Waals surface area contributed by atoms with Gasteiger partial charge in [0, 0.05) is 18.7 Å². The highest BCUT2D eigenvalue weighted by Gasteiger charge is 2.16. The minimum atomic E-state index is -0.650. The van der Waals surface area contributed by atoms with Crippen molar-refractivity contribution in [1.82, 2.24) is 4.98 Å². The molecule has 0 fully saturated rings. The van der Waals surface area contributed by atoms with Gasteiger partial charge in [0.25, 0.3) is 0 Å². The predicted octanol–water partition coefficient (Wildman–Crippen LogP) is 3.33. The third-order valence-corrected chi connectivity index (χ3v) is 4.15. The number of methoxy groups -OCH3 is 1. The van der Waals surface area contributed by atoms with Crippen LogP contribution in [0.15, 0.2) is 53.5 Å². The number of nitrogens with one attached hydrogen (secondary N) is 1. The number of aromatic amines is 1. The van der Waals surface area contributed by atoms with Gasteiger partial charge in [-0.15, -0.1) is 0 Å². The van der Waals surface area contributed by atoms with E-state index in [0.29, 0.717) is 29.0 Å². The van der Waals surface area contributed by atoms with E-state index in [-0.39, 0.29) is 12.2 Å². The summed E-state index contributed by atoms with van der Waals surface area (Å²) >= 11 is 0. The van der Waals surface area contributed by atoms with Crippen LogP contribution < -0.4 is 14.9 Å². The van der Waals surface area contributed by atoms with E-state index in [2.05, 4.69) is 4.98 Å². The Kier molecular flexibility index (Phi) is 5.76. The largest absolute Gasteiger partial charge is 0.493 e. The number of carbonyl (C=O) groups excluding carboxylic acids is 1. The number of H-pyrrole nitrogens is 1. The van der Waals surface area contributed by atoms with Gasteiger partial charge in [-0.05, 0) is 18.6 Å². The first-order valence-corrected chi connectivity index (χ1v) is 8.71. The molecule has 27 heavy (non-hydrogen) atoms. The van der Waals surface area contributed by atoms with Gasteiger partial charge in [0.15, 0.2) is 11.5 Å². The molecule has 6 heteroatoms. The zero-order valence-electron chi connectivity index (χ0n) is 15.3. The van der Waals surface area contributed by atoms with Gasteiger partial charge in [-0.1, -0.05) is 30.3 Å². The first-order valence-electron chi connectivity index (χ1n) is 8.71. The van der Waals surface area contributed by atoms with Crippen LogP contribution >= 0.6 is 0 Å². The van der Waals surface area contributed by atoms with Crippen LogP contribution in [0.4, 0.5) is 0 Å². The zero-order valence-corrected chi connectivity index (χ0v) is 15.3. The van der Waals surface area contributed by atoms with Gasteiger partial charge in [0.2, 0.25) is 5.43 Å². The fourth-order valence-electron chi connectivity index (χ4n) is 2.78. The van der Waals surface area contributed by atoms with Crippen molar-refractivity contribution < 1.29 is 19.0 Å². The Morgan fingerprint density at radius 3 is 2.59 bits per heavy atom. The number of carbonyl (C=O) groups is 1. The van der Waals surface area contributed by atoms with E-state index < -0.39 is 11.4 Å². The maximum Gasteiger partial charge on any atom is 0.343 e. The van der Waals surface area contributed by atoms with E-state index in [9.17, 15) is 9.59 Å². The van der Waals surface area contributed by atoms with Gasteiger partial charge in [-0.2, -0.15) is 0 Å². The maximum atomic E-state index is 12.7. The highest BCUT2D eigenvalue weighted by atomic mass is 16.5. The first kappa shape index (κ1) is 18.5. The van der Waals surface area contributed by atoms with Crippen molar-refractivity contribution in [2.45, 2.75) is 13.3 Å². The highest BCUT2D eigenvalue weighted by Crippen LogP contribution is 2.30. The number of aromatic nitrogens is 1. The molecule has 1 heterocycles. The lowest BCUT2D eigenvalue weighted by Crippen LogP contribution is -2.18. The van der Waals surface area contributed by atoms with Crippen molar-refractivity contribution in [2.75, 3.05) is 20.3 Å². The van der Waals surface area contributed by atoms with Crippen molar-refractivity contribution in [3.05, 3.63) is 70.0 Å². The van der Waals surface area contributed by atoms with Crippen molar-refractivity contribution in [2.24, 2.45) is 0 Å². The number of esters is 1. The Labute approximate surface area is 156 Å². The van der Waals surface area contributed by atoms with Crippen LogP contribution in [0, 0.1) is 0 Å². The van der Waals surface area contributed by atoms with E-state index in [1.807, 2.05) is 30.3 Å². The summed E-state index contributed by atoms with van der Waals surface area (Å²) in [5, 5.41) is 0.344. The van der Waals surface area contributed by atoms with Crippen LogP contribution in [0.3, 0.4) is 0 Å². The molecule has 0 saturated carbocycles. The molecule has 140 valence electrons. The summed E-state index contributed by atoms with van der Waals surface area (Å²) in [5.41, 5.74) is 1.27. The average Bonchev–Trinajstić information content (AvgIpc) is 2.69. The minimum Gasteiger partial charge on any atom is -0.493 e. The summed E-state index contributed by atoms with van der Waals surface area (Å²) in [5.74, 6) is 0.311. The lowest BCUT2D eigenvalue weighted by Gasteiger charge is -2.12. The molecular weight excluding hydrogens is 346 g/mol. The number of fused-ring (bicyclic) bond motifs is 1. The summed E-state index contributed by atoms with van der Waals surface area (Å²) in [6.45, 7) is 2.32. The Balaban J connectivity index is 1.90. The van der Waals surface area contributed by atoms with E-state index in [0.717, 1.165) is 12.0 Å². The molecule has 0 radical (unpaired) electrons. The normalized spacial score (nSPS) is 10.6. The number of hydrogen-bond donors (Lipinski definition) is 1. The first-order chi connectivity index (χ1) is 13.1. The van der Waals surface area contributed by atoms with Crippen LogP contribution in [0.1, 0.15) is 22.8 Å². The Morgan fingerprint density at radius 2 is 1.89 bits per heavy atom. The molecule has 3 rings (SSSR count). The van der Waals surface area contributed by atoms with Crippen LogP contribution in [0.2, 0.25) is 0 Å². The standard InChI is InChI=1S/C21H21NO5/c1-3-26-21(24)16-13-22-17-12-18(25-2)19(11-15(17)20(16)23)27-10-9-14-7-5-4-6-8-14/h4-8,11-13H,3,9-10H2,1-2H3,(H,22,23). The minimum absolute atomic E-state index is 0.0373. The average molecular weight is 367 g/mol. The Hall–Kier alpha value is -3.28. The van der Waals surface area contributed by atoms with Crippen molar-refractivity contribution in [3.63, 3.8) is 0 Å². The predicted molar refractivity (Wildman–Crippen MR) is 103 cm³/mol. The van der Waals surface area contributed by atoms with Gasteiger partial charge >= 0.3 is 5.97 Å². The molecule has 0 spiro atoms. The molecule has 1 N–H and O–H groups in total. The fourth-order valence-corrected chi connectivity index (χ4v) is 2.78. The fraction of sp³-hybridized carbons (Fsp3) is 0.238. The Bertz CT molecular complexity index is 995. The molecule has 0 aliphatic carbocycles. The molecule has 2 aromatic carbocycles. The topological polar surface area (TPSA) is 77.6 Å². The summed E-state index contributed by atoms with van der Waals surface area (Å²) in [4.78, 5) is 27.6. The van der Waals surface area contributed by atoms with E-state index in [1.165, 1.54) is 13.3 Å². The second kappa shape index (κ2) is 8.40. The van der Waals surface area contributed by atoms with Gasteiger partial charge in [0.05, 0.1) is 31.2 Å². The molecule has 1 aromatic heterocycles. The Morgan fingerprint density at radius 1 is 1.11 bits per heavy atom. The van der Waals surface area contributed by atoms with Gasteiger partial charge < -0.3 is 19.2 Å². The SMILES string of the molecule is CCOC(=O)c1c[nH]c2cc(OC)c(OCCc3ccccc3)cc2c1=O. The summed E-state index contributed by atoms with van der Waals surface area (Å²) in [6.07, 6.45) is 2.08. The molecule has 0 aliphatic heterocycles. The molecular formula is C21H21NO5. The number of pyridine rings is 1. The van der Waals surface area contributed by atoms with Crippen molar-refractivity contribution >= 4 is 16.9 Å². The quantitative estimate of drug-likeness (QED) is 0.648. The molecule has 3 aromatic rings. The van der Waals surface area contributed by atoms with Gasteiger partial charge in [-0.3, -0.25) is 4.79 Å². The lowest BCUT2D eigenvalue weighted by atomic mass is 10.1. The second-order valence-corrected chi connectivity index (χ2v) is 5.88. The van der Waals surface area contributed by atoms with Crippen LogP contribution in [0.25, 0.3) is 10.9 Å². The smallest absolute Gasteiger partial charge is 0.343 e. The molecule has 0 unspecified atom stereocenters. The van der Waals surface area contributed by atoms with Crippen molar-refractivity contribution in [1.29, 1.82) is 0 Å². The molecule has 0 atom stereocenters. The maximum absolute atomic E-state index is 12.7.